The summed E-state index contributed by atoms with van der Waals surface area (Å²) in [7, 11) is 1.49. The average Bonchev–Trinajstić information content (AvgIpc) is 2.67. The minimum absolute atomic E-state index is 0.157. The van der Waals surface area contributed by atoms with Gasteiger partial charge in [0, 0.05) is 6.04 Å². The van der Waals surface area contributed by atoms with Crippen molar-refractivity contribution in [3.63, 3.8) is 0 Å². The monoisotopic (exact) mass is 363 g/mol. The first-order valence-electron chi connectivity index (χ1n) is 9.02. The number of carbonyl (C=O) groups excluding carboxylic acids is 2. The van der Waals surface area contributed by atoms with Crippen LogP contribution in [-0.4, -0.2) is 44.8 Å². The van der Waals surface area contributed by atoms with Crippen molar-refractivity contribution in [2.24, 2.45) is 5.92 Å². The van der Waals surface area contributed by atoms with Gasteiger partial charge in [0.2, 0.25) is 5.75 Å². The smallest absolute Gasteiger partial charge is 0.338 e. The Labute approximate surface area is 152 Å². The second-order valence-corrected chi connectivity index (χ2v) is 6.71. The standard InChI is InChI=1S/C19H25NO6/c1-12-5-3-4-6-14(12)20-17(21)11-26-19(22)13-9-15(23-2)18-16(10-13)24-7-8-25-18/h9-10,12,14H,3-8,11H2,1-2H3,(H,20,21)/t12-,14-/m0/s1. The molecule has 1 aliphatic carbocycles. The Hall–Kier alpha value is -2.44. The highest BCUT2D eigenvalue weighted by molar-refractivity contribution is 5.92. The molecule has 2 aliphatic rings. The summed E-state index contributed by atoms with van der Waals surface area (Å²) in [5.41, 5.74) is 0.255. The number of hydrogen-bond donors (Lipinski definition) is 1. The van der Waals surface area contributed by atoms with E-state index < -0.39 is 5.97 Å². The van der Waals surface area contributed by atoms with E-state index in [-0.39, 0.29) is 24.1 Å². The predicted molar refractivity (Wildman–Crippen MR) is 93.8 cm³/mol. The van der Waals surface area contributed by atoms with Gasteiger partial charge in [-0.15, -0.1) is 0 Å². The van der Waals surface area contributed by atoms with Crippen LogP contribution in [-0.2, 0) is 9.53 Å². The minimum Gasteiger partial charge on any atom is -0.493 e. The second kappa shape index (κ2) is 8.29. The number of fused-ring (bicyclic) bond motifs is 1. The summed E-state index contributed by atoms with van der Waals surface area (Å²) in [6.07, 6.45) is 4.41. The molecule has 1 fully saturated rings. The van der Waals surface area contributed by atoms with Crippen molar-refractivity contribution >= 4 is 11.9 Å². The van der Waals surface area contributed by atoms with E-state index in [1.807, 2.05) is 0 Å². The minimum atomic E-state index is -0.605. The molecule has 0 spiro atoms. The lowest BCUT2D eigenvalue weighted by atomic mass is 9.86. The molecule has 1 aliphatic heterocycles. The SMILES string of the molecule is COc1cc(C(=O)OCC(=O)N[C@H]2CCCC[C@@H]2C)cc2c1OCCO2. The van der Waals surface area contributed by atoms with Crippen molar-refractivity contribution in [2.45, 2.75) is 38.6 Å². The zero-order valence-corrected chi connectivity index (χ0v) is 15.2. The summed E-state index contributed by atoms with van der Waals surface area (Å²) in [5, 5.41) is 2.96. The van der Waals surface area contributed by atoms with Crippen molar-refractivity contribution in [2.75, 3.05) is 26.9 Å². The van der Waals surface area contributed by atoms with E-state index in [2.05, 4.69) is 12.2 Å². The van der Waals surface area contributed by atoms with Gasteiger partial charge < -0.3 is 24.3 Å². The van der Waals surface area contributed by atoms with E-state index in [1.54, 1.807) is 6.07 Å². The topological polar surface area (TPSA) is 83.1 Å². The molecule has 1 saturated carbocycles. The summed E-state index contributed by atoms with van der Waals surface area (Å²) < 4.78 is 21.4. The van der Waals surface area contributed by atoms with Crippen LogP contribution in [0.1, 0.15) is 43.0 Å². The highest BCUT2D eigenvalue weighted by Crippen LogP contribution is 2.40. The highest BCUT2D eigenvalue weighted by atomic mass is 16.6. The Morgan fingerprint density at radius 1 is 1.19 bits per heavy atom. The zero-order valence-electron chi connectivity index (χ0n) is 15.2. The van der Waals surface area contributed by atoms with Crippen LogP contribution in [0.15, 0.2) is 12.1 Å². The van der Waals surface area contributed by atoms with Crippen LogP contribution in [0.2, 0.25) is 0 Å². The van der Waals surface area contributed by atoms with Crippen molar-refractivity contribution in [3.05, 3.63) is 17.7 Å². The van der Waals surface area contributed by atoms with Crippen molar-refractivity contribution in [1.82, 2.24) is 5.32 Å². The molecule has 1 aromatic rings. The third-order valence-electron chi connectivity index (χ3n) is 4.86. The van der Waals surface area contributed by atoms with Crippen LogP contribution in [0.3, 0.4) is 0 Å². The summed E-state index contributed by atoms with van der Waals surface area (Å²) in [6.45, 7) is 2.65. The van der Waals surface area contributed by atoms with Crippen LogP contribution >= 0.6 is 0 Å². The van der Waals surface area contributed by atoms with Gasteiger partial charge in [-0.1, -0.05) is 19.8 Å². The maximum absolute atomic E-state index is 12.3. The molecule has 7 nitrogen and oxygen atoms in total. The molecule has 0 aromatic heterocycles. The van der Waals surface area contributed by atoms with E-state index in [1.165, 1.54) is 19.6 Å². The molecule has 1 amide bonds. The Morgan fingerprint density at radius 3 is 2.73 bits per heavy atom. The third kappa shape index (κ3) is 4.20. The van der Waals surface area contributed by atoms with Gasteiger partial charge in [-0.2, -0.15) is 0 Å². The summed E-state index contributed by atoms with van der Waals surface area (Å²) in [4.78, 5) is 24.4. The van der Waals surface area contributed by atoms with Crippen LogP contribution in [0.5, 0.6) is 17.2 Å². The number of amides is 1. The van der Waals surface area contributed by atoms with E-state index >= 15 is 0 Å². The third-order valence-corrected chi connectivity index (χ3v) is 4.86. The van der Waals surface area contributed by atoms with Gasteiger partial charge in [-0.3, -0.25) is 4.79 Å². The molecular formula is C19H25NO6. The fourth-order valence-electron chi connectivity index (χ4n) is 3.38. The summed E-state index contributed by atoms with van der Waals surface area (Å²) in [5.74, 6) is 0.871. The highest BCUT2D eigenvalue weighted by Gasteiger charge is 2.24. The maximum atomic E-state index is 12.3. The van der Waals surface area contributed by atoms with E-state index in [4.69, 9.17) is 18.9 Å². The van der Waals surface area contributed by atoms with Gasteiger partial charge in [-0.05, 0) is 30.9 Å². The maximum Gasteiger partial charge on any atom is 0.338 e. The van der Waals surface area contributed by atoms with Gasteiger partial charge in [0.05, 0.1) is 12.7 Å². The van der Waals surface area contributed by atoms with Gasteiger partial charge in [0.1, 0.15) is 13.2 Å². The van der Waals surface area contributed by atoms with Gasteiger partial charge in [0.25, 0.3) is 5.91 Å². The molecule has 142 valence electrons. The van der Waals surface area contributed by atoms with Gasteiger partial charge >= 0.3 is 5.97 Å². The Kier molecular flexibility index (Phi) is 5.85. The lowest BCUT2D eigenvalue weighted by Crippen LogP contribution is -2.42. The van der Waals surface area contributed by atoms with Crippen LogP contribution in [0.25, 0.3) is 0 Å². The molecule has 0 radical (unpaired) electrons. The number of rotatable bonds is 5. The molecule has 26 heavy (non-hydrogen) atoms. The van der Waals surface area contributed by atoms with Crippen molar-refractivity contribution in [1.29, 1.82) is 0 Å². The number of esters is 1. The first kappa shape index (κ1) is 18.4. The fourth-order valence-corrected chi connectivity index (χ4v) is 3.38. The first-order chi connectivity index (χ1) is 12.6. The van der Waals surface area contributed by atoms with E-state index in [0.717, 1.165) is 19.3 Å². The van der Waals surface area contributed by atoms with Crippen molar-refractivity contribution < 1.29 is 28.5 Å². The molecule has 7 heteroatoms. The number of ether oxygens (including phenoxy) is 4. The van der Waals surface area contributed by atoms with Crippen LogP contribution in [0.4, 0.5) is 0 Å². The molecule has 0 saturated heterocycles. The average molecular weight is 363 g/mol. The molecule has 1 N–H and O–H groups in total. The molecule has 0 bridgehead atoms. The Balaban J connectivity index is 1.58. The lowest BCUT2D eigenvalue weighted by molar-refractivity contribution is -0.125. The molecular weight excluding hydrogens is 338 g/mol. The number of nitrogens with one attached hydrogen (secondary N) is 1. The molecule has 2 atom stereocenters. The number of benzene rings is 1. The van der Waals surface area contributed by atoms with E-state index in [9.17, 15) is 9.59 Å². The lowest BCUT2D eigenvalue weighted by Gasteiger charge is -2.29. The summed E-state index contributed by atoms with van der Waals surface area (Å²) in [6, 6.07) is 3.22. The second-order valence-electron chi connectivity index (χ2n) is 6.71. The quantitative estimate of drug-likeness (QED) is 0.809. The zero-order chi connectivity index (χ0) is 18.5. The predicted octanol–water partition coefficient (Wildman–Crippen LogP) is 2.32. The first-order valence-corrected chi connectivity index (χ1v) is 9.02. The van der Waals surface area contributed by atoms with Crippen LogP contribution < -0.4 is 19.5 Å². The number of carbonyl (C=O) groups is 2. The number of methoxy groups -OCH3 is 1. The molecule has 1 aromatic carbocycles. The Morgan fingerprint density at radius 2 is 1.96 bits per heavy atom. The molecule has 3 rings (SSSR count). The summed E-state index contributed by atoms with van der Waals surface area (Å²) >= 11 is 0. The van der Waals surface area contributed by atoms with Gasteiger partial charge in [-0.25, -0.2) is 4.79 Å². The Bertz CT molecular complexity index is 657. The number of hydrogen-bond acceptors (Lipinski definition) is 6. The van der Waals surface area contributed by atoms with Crippen molar-refractivity contribution in [3.8, 4) is 17.2 Å². The van der Waals surface area contributed by atoms with E-state index in [0.29, 0.717) is 36.4 Å². The fraction of sp³-hybridized carbons (Fsp3) is 0.579. The van der Waals surface area contributed by atoms with Gasteiger partial charge in [0.15, 0.2) is 18.1 Å². The van der Waals surface area contributed by atoms with Crippen LogP contribution in [0, 0.1) is 5.92 Å². The molecule has 1 heterocycles. The largest absolute Gasteiger partial charge is 0.493 e. The normalized spacial score (nSPS) is 21.6. The molecule has 0 unspecified atom stereocenters.